The van der Waals surface area contributed by atoms with Gasteiger partial charge in [0.2, 0.25) is 15.9 Å². The van der Waals surface area contributed by atoms with Crippen molar-refractivity contribution in [3.05, 3.63) is 36.4 Å². The molecule has 10 heteroatoms. The number of ether oxygens (including phenoxy) is 4. The first-order valence-corrected chi connectivity index (χ1v) is 10.3. The molecule has 1 amide bonds. The van der Waals surface area contributed by atoms with Crippen LogP contribution in [0.3, 0.4) is 0 Å². The van der Waals surface area contributed by atoms with E-state index in [2.05, 4.69) is 5.32 Å². The predicted octanol–water partition coefficient (Wildman–Crippen LogP) is 2.13. The van der Waals surface area contributed by atoms with Crippen LogP contribution < -0.4 is 28.6 Å². The number of hydrogen-bond acceptors (Lipinski definition) is 7. The summed E-state index contributed by atoms with van der Waals surface area (Å²) < 4.78 is 46.3. The summed E-state index contributed by atoms with van der Waals surface area (Å²) in [4.78, 5) is 12.5. The average Bonchev–Trinajstić information content (AvgIpc) is 2.70. The minimum absolute atomic E-state index is 0.271. The third-order valence-electron chi connectivity index (χ3n) is 4.01. The molecule has 9 nitrogen and oxygen atoms in total. The summed E-state index contributed by atoms with van der Waals surface area (Å²) >= 11 is 0. The Morgan fingerprint density at radius 3 is 1.90 bits per heavy atom. The Bertz CT molecular complexity index is 977. The Balaban J connectivity index is 2.26. The van der Waals surface area contributed by atoms with Crippen molar-refractivity contribution in [2.45, 2.75) is 0 Å². The molecule has 2 aromatic rings. The molecule has 2 aromatic carbocycles. The summed E-state index contributed by atoms with van der Waals surface area (Å²) in [6, 6.07) is 9.43. The van der Waals surface area contributed by atoms with Crippen LogP contribution in [-0.2, 0) is 14.8 Å². The van der Waals surface area contributed by atoms with E-state index in [-0.39, 0.29) is 5.69 Å². The van der Waals surface area contributed by atoms with Crippen molar-refractivity contribution < 1.29 is 32.2 Å². The molecule has 0 fully saturated rings. The van der Waals surface area contributed by atoms with Gasteiger partial charge in [-0.1, -0.05) is 0 Å². The van der Waals surface area contributed by atoms with Crippen molar-refractivity contribution in [3.8, 4) is 23.0 Å². The van der Waals surface area contributed by atoms with Crippen molar-refractivity contribution in [3.63, 3.8) is 0 Å². The maximum absolute atomic E-state index is 12.5. The number of amides is 1. The summed E-state index contributed by atoms with van der Waals surface area (Å²) in [7, 11) is 2.15. The molecule has 29 heavy (non-hydrogen) atoms. The smallest absolute Gasteiger partial charge is 0.245 e. The van der Waals surface area contributed by atoms with E-state index in [0.717, 1.165) is 10.6 Å². The molecule has 0 spiro atoms. The molecular formula is C19H24N2O7S. The van der Waals surface area contributed by atoms with Gasteiger partial charge in [-0.2, -0.15) is 0 Å². The molecule has 158 valence electrons. The maximum atomic E-state index is 12.5. The predicted molar refractivity (Wildman–Crippen MR) is 110 cm³/mol. The van der Waals surface area contributed by atoms with Gasteiger partial charge in [-0.3, -0.25) is 9.10 Å². The van der Waals surface area contributed by atoms with Crippen molar-refractivity contribution >= 4 is 27.3 Å². The first-order valence-electron chi connectivity index (χ1n) is 8.45. The molecule has 0 atom stereocenters. The molecule has 0 aromatic heterocycles. The second-order valence-corrected chi connectivity index (χ2v) is 7.83. The van der Waals surface area contributed by atoms with Gasteiger partial charge in [0.1, 0.15) is 6.54 Å². The van der Waals surface area contributed by atoms with Crippen molar-refractivity contribution in [1.82, 2.24) is 0 Å². The molecule has 0 radical (unpaired) electrons. The van der Waals surface area contributed by atoms with Crippen LogP contribution >= 0.6 is 0 Å². The summed E-state index contributed by atoms with van der Waals surface area (Å²) in [5, 5.41) is 2.65. The minimum atomic E-state index is -3.74. The monoisotopic (exact) mass is 424 g/mol. The van der Waals surface area contributed by atoms with Gasteiger partial charge in [-0.05, 0) is 24.3 Å². The zero-order valence-corrected chi connectivity index (χ0v) is 17.7. The number of anilines is 2. The van der Waals surface area contributed by atoms with Crippen molar-refractivity contribution in [2.24, 2.45) is 0 Å². The first-order chi connectivity index (χ1) is 13.7. The topological polar surface area (TPSA) is 103 Å². The molecule has 0 unspecified atom stereocenters. The minimum Gasteiger partial charge on any atom is -0.493 e. The zero-order valence-electron chi connectivity index (χ0n) is 16.9. The number of carbonyl (C=O) groups is 1. The van der Waals surface area contributed by atoms with Crippen LogP contribution in [0.1, 0.15) is 0 Å². The van der Waals surface area contributed by atoms with Crippen LogP contribution in [0, 0.1) is 0 Å². The molecule has 2 rings (SSSR count). The van der Waals surface area contributed by atoms with E-state index >= 15 is 0 Å². The van der Waals surface area contributed by atoms with Gasteiger partial charge in [0.25, 0.3) is 0 Å². The summed E-state index contributed by atoms with van der Waals surface area (Å²) in [6.07, 6.45) is 1.02. The SMILES string of the molecule is COc1ccc(NC(=O)CN(c2ccc(OC)c(OC)c2)S(C)(=O)=O)cc1OC. The molecule has 0 heterocycles. The Hall–Kier alpha value is -3.14. The van der Waals surface area contributed by atoms with Crippen molar-refractivity contribution in [1.29, 1.82) is 0 Å². The van der Waals surface area contributed by atoms with E-state index < -0.39 is 22.5 Å². The second kappa shape index (κ2) is 9.37. The van der Waals surface area contributed by atoms with E-state index in [9.17, 15) is 13.2 Å². The Morgan fingerprint density at radius 2 is 1.38 bits per heavy atom. The second-order valence-electron chi connectivity index (χ2n) is 5.93. The number of hydrogen-bond donors (Lipinski definition) is 1. The first kappa shape index (κ1) is 22.2. The van der Waals surface area contributed by atoms with E-state index in [1.807, 2.05) is 0 Å². The lowest BCUT2D eigenvalue weighted by atomic mass is 10.2. The van der Waals surface area contributed by atoms with E-state index in [1.54, 1.807) is 24.3 Å². The van der Waals surface area contributed by atoms with Crippen molar-refractivity contribution in [2.75, 3.05) is 50.9 Å². The lowest BCUT2D eigenvalue weighted by Gasteiger charge is -2.23. The largest absolute Gasteiger partial charge is 0.493 e. The zero-order chi connectivity index (χ0) is 21.6. The molecule has 0 aliphatic rings. The fraction of sp³-hybridized carbons (Fsp3) is 0.316. The fourth-order valence-electron chi connectivity index (χ4n) is 2.62. The lowest BCUT2D eigenvalue weighted by molar-refractivity contribution is -0.114. The number of rotatable bonds is 9. The van der Waals surface area contributed by atoms with Gasteiger partial charge < -0.3 is 24.3 Å². The van der Waals surface area contributed by atoms with E-state index in [0.29, 0.717) is 28.7 Å². The number of benzene rings is 2. The highest BCUT2D eigenvalue weighted by molar-refractivity contribution is 7.92. The van der Waals surface area contributed by atoms with Gasteiger partial charge in [-0.15, -0.1) is 0 Å². The molecule has 0 aliphatic carbocycles. The molecule has 0 saturated heterocycles. The normalized spacial score (nSPS) is 10.8. The van der Waals surface area contributed by atoms with Crippen LogP contribution in [0.2, 0.25) is 0 Å². The quantitative estimate of drug-likeness (QED) is 0.658. The van der Waals surface area contributed by atoms with Gasteiger partial charge in [0.15, 0.2) is 23.0 Å². The lowest BCUT2D eigenvalue weighted by Crippen LogP contribution is -2.37. The molecular weight excluding hydrogens is 400 g/mol. The number of carbonyl (C=O) groups excluding carboxylic acids is 1. The average molecular weight is 424 g/mol. The molecule has 0 aliphatic heterocycles. The third-order valence-corrected chi connectivity index (χ3v) is 5.15. The van der Waals surface area contributed by atoms with Crippen LogP contribution in [0.15, 0.2) is 36.4 Å². The number of nitrogens with zero attached hydrogens (tertiary/aromatic N) is 1. The Kier molecular flexibility index (Phi) is 7.16. The standard InChI is InChI=1S/C19H24N2O7S/c1-25-15-8-6-13(10-17(15)27-3)20-19(22)12-21(29(5,23)24)14-7-9-16(26-2)18(11-14)28-4/h6-11H,12H2,1-5H3,(H,20,22). The number of sulfonamides is 1. The highest BCUT2D eigenvalue weighted by atomic mass is 32.2. The summed E-state index contributed by atoms with van der Waals surface area (Å²) in [5.41, 5.74) is 0.709. The van der Waals surface area contributed by atoms with E-state index in [4.69, 9.17) is 18.9 Å². The summed E-state index contributed by atoms with van der Waals surface area (Å²) in [5.74, 6) is 1.20. The molecule has 0 bridgehead atoms. The fourth-order valence-corrected chi connectivity index (χ4v) is 3.47. The number of methoxy groups -OCH3 is 4. The number of nitrogens with one attached hydrogen (secondary N) is 1. The molecule has 1 N–H and O–H groups in total. The maximum Gasteiger partial charge on any atom is 0.245 e. The summed E-state index contributed by atoms with van der Waals surface area (Å²) in [6.45, 7) is -0.428. The highest BCUT2D eigenvalue weighted by Crippen LogP contribution is 2.33. The van der Waals surface area contributed by atoms with Crippen LogP contribution in [0.25, 0.3) is 0 Å². The Morgan fingerprint density at radius 1 is 0.862 bits per heavy atom. The van der Waals surface area contributed by atoms with E-state index in [1.165, 1.54) is 40.6 Å². The van der Waals surface area contributed by atoms with Gasteiger partial charge in [0, 0.05) is 17.8 Å². The van der Waals surface area contributed by atoms with Crippen LogP contribution in [0.4, 0.5) is 11.4 Å². The third kappa shape index (κ3) is 5.44. The van der Waals surface area contributed by atoms with Gasteiger partial charge in [-0.25, -0.2) is 8.42 Å². The van der Waals surface area contributed by atoms with Gasteiger partial charge >= 0.3 is 0 Å². The van der Waals surface area contributed by atoms with Crippen LogP contribution in [0.5, 0.6) is 23.0 Å². The van der Waals surface area contributed by atoms with Gasteiger partial charge in [0.05, 0.1) is 40.4 Å². The van der Waals surface area contributed by atoms with Crippen LogP contribution in [-0.4, -0.2) is 55.6 Å². The Labute approximate surface area is 170 Å². The molecule has 0 saturated carbocycles. The highest BCUT2D eigenvalue weighted by Gasteiger charge is 2.22.